The van der Waals surface area contributed by atoms with Crippen LogP contribution in [-0.4, -0.2) is 37.1 Å². The maximum Gasteiger partial charge on any atom is 0.308 e. The van der Waals surface area contributed by atoms with Crippen LogP contribution in [0, 0.1) is 10.1 Å². The number of nitrogens with zero attached hydrogens (tertiary/aromatic N) is 2. The van der Waals surface area contributed by atoms with Gasteiger partial charge in [0.15, 0.2) is 11.5 Å². The number of aliphatic carboxylic acids is 1. The van der Waals surface area contributed by atoms with Crippen LogP contribution in [0.15, 0.2) is 67.0 Å². The van der Waals surface area contributed by atoms with Gasteiger partial charge in [-0.1, -0.05) is 18.2 Å². The highest BCUT2D eigenvalue weighted by molar-refractivity contribution is 7.15. The Hall–Kier alpha value is -4.77. The van der Waals surface area contributed by atoms with Gasteiger partial charge in [0.05, 0.1) is 23.0 Å². The molecule has 4 rings (SSSR count). The van der Waals surface area contributed by atoms with E-state index in [0.717, 1.165) is 17.0 Å². The van der Waals surface area contributed by atoms with E-state index in [0.29, 0.717) is 16.1 Å². The second kappa shape index (κ2) is 9.61. The average Bonchev–Trinajstić information content (AvgIpc) is 3.28. The highest BCUT2D eigenvalue weighted by Crippen LogP contribution is 2.40. The van der Waals surface area contributed by atoms with E-state index in [-0.39, 0.29) is 23.1 Å². The first-order valence-electron chi connectivity index (χ1n) is 10.1. The normalized spacial score (nSPS) is 10.6. The topological polar surface area (TPSA) is 163 Å². The Bertz CT molecular complexity index is 1470. The van der Waals surface area contributed by atoms with Crippen molar-refractivity contribution in [3.05, 3.63) is 87.5 Å². The largest absolute Gasteiger partial charge is 0.504 e. The third-order valence-corrected chi connectivity index (χ3v) is 6.14. The number of hydrogen-bond donors (Lipinski definition) is 4. The molecule has 0 aliphatic rings. The summed E-state index contributed by atoms with van der Waals surface area (Å²) in [5, 5.41) is 43.0. The van der Waals surface area contributed by atoms with Gasteiger partial charge in [-0.25, -0.2) is 0 Å². The van der Waals surface area contributed by atoms with E-state index >= 15 is 0 Å². The number of amides is 1. The van der Waals surface area contributed by atoms with Crippen LogP contribution in [0.25, 0.3) is 21.6 Å². The number of benzene rings is 2. The number of phenolic OH excluding ortho intramolecular Hbond substituents is 2. The molecule has 0 atom stereocenters. The zero-order chi connectivity index (χ0) is 25.1. The number of nitro benzene ring substituents is 1. The summed E-state index contributed by atoms with van der Waals surface area (Å²) < 4.78 is 0. The minimum absolute atomic E-state index is 0.0520. The molecular weight excluding hydrogens is 474 g/mol. The van der Waals surface area contributed by atoms with Crippen LogP contribution in [-0.2, 0) is 11.2 Å². The Balaban J connectivity index is 1.64. The van der Waals surface area contributed by atoms with Crippen molar-refractivity contribution in [2.75, 3.05) is 5.32 Å². The Labute approximate surface area is 201 Å². The van der Waals surface area contributed by atoms with Crippen LogP contribution in [0.3, 0.4) is 0 Å². The third-order valence-electron chi connectivity index (χ3n) is 5.02. The minimum Gasteiger partial charge on any atom is -0.504 e. The summed E-state index contributed by atoms with van der Waals surface area (Å²) in [6, 6.07) is 13.8. The molecule has 1 amide bonds. The molecule has 2 heterocycles. The summed E-state index contributed by atoms with van der Waals surface area (Å²) in [5.74, 6) is -2.70. The molecular formula is C24H17N3O7S. The van der Waals surface area contributed by atoms with Crippen LogP contribution in [0.5, 0.6) is 11.5 Å². The van der Waals surface area contributed by atoms with Gasteiger partial charge in [0, 0.05) is 50.6 Å². The van der Waals surface area contributed by atoms with E-state index in [1.807, 2.05) is 0 Å². The lowest BCUT2D eigenvalue weighted by atomic mass is 10.0. The van der Waals surface area contributed by atoms with Crippen molar-refractivity contribution in [3.8, 4) is 33.1 Å². The maximum absolute atomic E-state index is 13.0. The molecule has 0 aliphatic heterocycles. The van der Waals surface area contributed by atoms with E-state index in [1.54, 1.807) is 36.4 Å². The number of phenols is 2. The van der Waals surface area contributed by atoms with Gasteiger partial charge < -0.3 is 20.6 Å². The highest BCUT2D eigenvalue weighted by Gasteiger charge is 2.19. The van der Waals surface area contributed by atoms with Crippen molar-refractivity contribution in [3.63, 3.8) is 0 Å². The molecule has 0 saturated heterocycles. The number of nitro groups is 1. The molecule has 0 spiro atoms. The van der Waals surface area contributed by atoms with Gasteiger partial charge in [0.1, 0.15) is 0 Å². The molecule has 35 heavy (non-hydrogen) atoms. The van der Waals surface area contributed by atoms with E-state index in [1.165, 1.54) is 29.8 Å². The SMILES string of the molecule is O=C(O)Cc1ccc(-c2ccccc2NC(=O)c2cncc(-c3cc([N+](=O)[O-])cc(O)c3O)c2)s1. The summed E-state index contributed by atoms with van der Waals surface area (Å²) in [6.45, 7) is 0. The minimum atomic E-state index is -0.935. The summed E-state index contributed by atoms with van der Waals surface area (Å²) >= 11 is 1.31. The van der Waals surface area contributed by atoms with Gasteiger partial charge in [0.2, 0.25) is 0 Å². The lowest BCUT2D eigenvalue weighted by molar-refractivity contribution is -0.384. The monoisotopic (exact) mass is 491 g/mol. The van der Waals surface area contributed by atoms with E-state index in [4.69, 9.17) is 5.11 Å². The van der Waals surface area contributed by atoms with Gasteiger partial charge in [0.25, 0.3) is 11.6 Å². The molecule has 0 radical (unpaired) electrons. The van der Waals surface area contributed by atoms with E-state index in [9.17, 15) is 29.9 Å². The van der Waals surface area contributed by atoms with Gasteiger partial charge in [-0.15, -0.1) is 11.3 Å². The first-order chi connectivity index (χ1) is 16.7. The van der Waals surface area contributed by atoms with Crippen molar-refractivity contribution in [2.45, 2.75) is 6.42 Å². The fraction of sp³-hybridized carbons (Fsp3) is 0.0417. The Morgan fingerprint density at radius 3 is 2.54 bits per heavy atom. The summed E-state index contributed by atoms with van der Waals surface area (Å²) in [7, 11) is 0. The maximum atomic E-state index is 13.0. The number of aromatic nitrogens is 1. The summed E-state index contributed by atoms with van der Waals surface area (Å²) in [6.07, 6.45) is 2.50. The van der Waals surface area contributed by atoms with Gasteiger partial charge in [-0.3, -0.25) is 24.7 Å². The molecule has 4 N–H and O–H groups in total. The van der Waals surface area contributed by atoms with Crippen molar-refractivity contribution in [1.29, 1.82) is 0 Å². The standard InChI is InChI=1S/C24H17N3O7S/c28-20-9-15(27(33)34)8-18(23(20)31)13-7-14(12-25-11-13)24(32)26-19-4-2-1-3-17(19)21-6-5-16(35-21)10-22(29)30/h1-9,11-12,28,31H,10H2,(H,26,32)(H,29,30). The van der Waals surface area contributed by atoms with Crippen LogP contribution >= 0.6 is 11.3 Å². The van der Waals surface area contributed by atoms with Crippen LogP contribution < -0.4 is 5.32 Å². The quantitative estimate of drug-likeness (QED) is 0.164. The van der Waals surface area contributed by atoms with Gasteiger partial charge in [-0.05, 0) is 24.3 Å². The van der Waals surface area contributed by atoms with Crippen LogP contribution in [0.4, 0.5) is 11.4 Å². The molecule has 0 unspecified atom stereocenters. The number of rotatable bonds is 7. The van der Waals surface area contributed by atoms with Crippen molar-refractivity contribution in [2.24, 2.45) is 0 Å². The Morgan fingerprint density at radius 2 is 1.80 bits per heavy atom. The van der Waals surface area contributed by atoms with Crippen molar-refractivity contribution >= 4 is 34.6 Å². The molecule has 0 aliphatic carbocycles. The molecule has 0 saturated carbocycles. The number of nitrogens with one attached hydrogen (secondary N) is 1. The number of carbonyl (C=O) groups is 2. The molecule has 0 fully saturated rings. The summed E-state index contributed by atoms with van der Waals surface area (Å²) in [4.78, 5) is 39.9. The molecule has 0 bridgehead atoms. The van der Waals surface area contributed by atoms with E-state index < -0.39 is 34.0 Å². The zero-order valence-corrected chi connectivity index (χ0v) is 18.7. The number of hydrogen-bond acceptors (Lipinski definition) is 8. The lowest BCUT2D eigenvalue weighted by Crippen LogP contribution is -2.13. The Kier molecular flexibility index (Phi) is 6.42. The Morgan fingerprint density at radius 1 is 1.03 bits per heavy atom. The number of pyridine rings is 1. The number of thiophene rings is 1. The fourth-order valence-electron chi connectivity index (χ4n) is 3.41. The number of anilines is 1. The van der Waals surface area contributed by atoms with Crippen molar-refractivity contribution in [1.82, 2.24) is 4.98 Å². The van der Waals surface area contributed by atoms with Crippen LogP contribution in [0.2, 0.25) is 0 Å². The smallest absolute Gasteiger partial charge is 0.308 e. The number of aromatic hydroxyl groups is 2. The predicted octanol–water partition coefficient (Wildman–Crippen LogP) is 4.68. The van der Waals surface area contributed by atoms with Crippen molar-refractivity contribution < 1.29 is 29.8 Å². The average molecular weight is 491 g/mol. The fourth-order valence-corrected chi connectivity index (χ4v) is 4.45. The number of para-hydroxylation sites is 1. The molecule has 4 aromatic rings. The molecule has 176 valence electrons. The van der Waals surface area contributed by atoms with Gasteiger partial charge in [-0.2, -0.15) is 0 Å². The third kappa shape index (κ3) is 5.09. The zero-order valence-electron chi connectivity index (χ0n) is 17.8. The molecule has 10 nitrogen and oxygen atoms in total. The first kappa shape index (κ1) is 23.4. The van der Waals surface area contributed by atoms with E-state index in [2.05, 4.69) is 10.3 Å². The number of carboxylic acids is 1. The van der Waals surface area contributed by atoms with Crippen LogP contribution in [0.1, 0.15) is 15.2 Å². The number of non-ortho nitro benzene ring substituents is 1. The number of carboxylic acid groups (broad SMARTS) is 1. The molecule has 2 aromatic heterocycles. The molecule has 11 heteroatoms. The van der Waals surface area contributed by atoms with Gasteiger partial charge >= 0.3 is 5.97 Å². The lowest BCUT2D eigenvalue weighted by Gasteiger charge is -2.11. The number of carbonyl (C=O) groups excluding carboxylic acids is 1. The second-order valence-corrected chi connectivity index (χ2v) is 8.58. The molecule has 2 aromatic carbocycles. The predicted molar refractivity (Wildman–Crippen MR) is 129 cm³/mol. The first-order valence-corrected chi connectivity index (χ1v) is 10.9. The second-order valence-electron chi connectivity index (χ2n) is 7.42. The highest BCUT2D eigenvalue weighted by atomic mass is 32.1. The summed E-state index contributed by atoms with van der Waals surface area (Å²) in [5.41, 5.74) is 1.01.